The van der Waals surface area contributed by atoms with Crippen LogP contribution in [0.4, 0.5) is 30.8 Å². The molecular weight excluding hydrogens is 413 g/mol. The van der Waals surface area contributed by atoms with E-state index < -0.39 is 40.3 Å². The first-order chi connectivity index (χ1) is 13.9. The summed E-state index contributed by atoms with van der Waals surface area (Å²) in [6, 6.07) is 7.01. The molecule has 0 aromatic heterocycles. The van der Waals surface area contributed by atoms with Gasteiger partial charge in [0.05, 0.1) is 18.2 Å². The summed E-state index contributed by atoms with van der Waals surface area (Å²) in [6.07, 6.45) is -9.44. The molecule has 3 heterocycles. The second-order valence-electron chi connectivity index (χ2n) is 8.36. The molecule has 0 spiro atoms. The van der Waals surface area contributed by atoms with Crippen LogP contribution in [0.3, 0.4) is 0 Å². The quantitative estimate of drug-likeness (QED) is 0.324. The van der Waals surface area contributed by atoms with Crippen molar-refractivity contribution >= 4 is 0 Å². The summed E-state index contributed by atoms with van der Waals surface area (Å²) in [6.45, 7) is 0.409. The maximum absolute atomic E-state index is 16.1. The average molecular weight is 434 g/mol. The standard InChI is InChI=1S/C21H21F7N2/c1-29-10-12-30(28,13-11-29)19(15-7-3-5-9-17(15)21(25,26)27)18(29)14-6-2-4-8-16(14)20(22,23)24/h2-9,18-19H,10-13H2,1H3/q+2. The summed E-state index contributed by atoms with van der Waals surface area (Å²) in [7, 11) is 1.71. The number of benzene rings is 2. The van der Waals surface area contributed by atoms with Crippen LogP contribution in [0.15, 0.2) is 48.5 Å². The molecule has 3 saturated heterocycles. The fourth-order valence-electron chi connectivity index (χ4n) is 5.11. The van der Waals surface area contributed by atoms with E-state index in [-0.39, 0.29) is 41.8 Å². The van der Waals surface area contributed by atoms with E-state index in [0.29, 0.717) is 0 Å². The van der Waals surface area contributed by atoms with Gasteiger partial charge in [-0.15, -0.1) is 4.71 Å². The summed E-state index contributed by atoms with van der Waals surface area (Å²) in [5.74, 6) is 0. The lowest BCUT2D eigenvalue weighted by atomic mass is 9.80. The van der Waals surface area contributed by atoms with E-state index in [1.165, 1.54) is 36.4 Å². The molecule has 0 N–H and O–H groups in total. The Morgan fingerprint density at radius 3 is 1.50 bits per heavy atom. The largest absolute Gasteiger partial charge is 0.416 e. The van der Waals surface area contributed by atoms with Gasteiger partial charge in [-0.2, -0.15) is 26.3 Å². The molecule has 2 aromatic rings. The van der Waals surface area contributed by atoms with Crippen molar-refractivity contribution in [3.63, 3.8) is 0 Å². The minimum atomic E-state index is -4.74. The maximum Gasteiger partial charge on any atom is 0.416 e. The summed E-state index contributed by atoms with van der Waals surface area (Å²) in [5.41, 5.74) is -2.38. The number of hydrogen-bond donors (Lipinski definition) is 0. The number of fused-ring (bicyclic) bond motifs is 3. The van der Waals surface area contributed by atoms with E-state index >= 15 is 4.48 Å². The highest BCUT2D eigenvalue weighted by Crippen LogP contribution is 2.56. The van der Waals surface area contributed by atoms with Crippen LogP contribution >= 0.6 is 0 Å². The highest BCUT2D eigenvalue weighted by atomic mass is 19.4. The maximum atomic E-state index is 16.1. The van der Waals surface area contributed by atoms with Crippen LogP contribution in [-0.4, -0.2) is 42.4 Å². The van der Waals surface area contributed by atoms with Gasteiger partial charge in [0.15, 0.2) is 19.1 Å². The number of nitrogens with zero attached hydrogens (tertiary/aromatic N) is 2. The molecule has 9 heteroatoms. The van der Waals surface area contributed by atoms with Crippen molar-refractivity contribution in [1.82, 2.24) is 0 Å². The predicted molar refractivity (Wildman–Crippen MR) is 95.4 cm³/mol. The fourth-order valence-corrected chi connectivity index (χ4v) is 5.11. The van der Waals surface area contributed by atoms with Crippen LogP contribution in [0.25, 0.3) is 0 Å². The molecule has 3 aliphatic rings. The van der Waals surface area contributed by atoms with Crippen molar-refractivity contribution in [3.8, 4) is 0 Å². The van der Waals surface area contributed by atoms with E-state index in [4.69, 9.17) is 0 Å². The van der Waals surface area contributed by atoms with E-state index in [2.05, 4.69) is 0 Å². The normalized spacial score (nSPS) is 31.7. The van der Waals surface area contributed by atoms with Gasteiger partial charge in [0.25, 0.3) is 0 Å². The van der Waals surface area contributed by atoms with E-state index in [9.17, 15) is 26.3 Å². The van der Waals surface area contributed by atoms with Crippen molar-refractivity contribution < 1.29 is 40.0 Å². The summed E-state index contributed by atoms with van der Waals surface area (Å²) < 4.78 is 97.5. The molecule has 2 atom stereocenters. The summed E-state index contributed by atoms with van der Waals surface area (Å²) in [4.78, 5) is 0. The Labute approximate surface area is 169 Å². The van der Waals surface area contributed by atoms with Gasteiger partial charge in [0, 0.05) is 11.1 Å². The molecule has 5 rings (SSSR count). The fraction of sp³-hybridized carbons (Fsp3) is 0.429. The second kappa shape index (κ2) is 6.68. The number of halogens is 7. The monoisotopic (exact) mass is 434 g/mol. The van der Waals surface area contributed by atoms with Gasteiger partial charge in [-0.25, -0.2) is 0 Å². The number of likely N-dealkylation sites (N-methyl/N-ethyl adjacent to an activating group) is 1. The van der Waals surface area contributed by atoms with Gasteiger partial charge < -0.3 is 4.48 Å². The molecule has 30 heavy (non-hydrogen) atoms. The van der Waals surface area contributed by atoms with Crippen molar-refractivity contribution in [2.45, 2.75) is 24.4 Å². The third-order valence-electron chi connectivity index (χ3n) is 6.60. The van der Waals surface area contributed by atoms with Crippen LogP contribution in [0, 0.1) is 0 Å². The molecule has 0 radical (unpaired) electrons. The Hall–Kier alpha value is -2.13. The van der Waals surface area contributed by atoms with E-state index in [0.717, 1.165) is 12.1 Å². The number of hydrogen-bond acceptors (Lipinski definition) is 0. The third kappa shape index (κ3) is 3.28. The number of alkyl halides is 6. The number of piperazine rings is 3. The lowest BCUT2D eigenvalue weighted by molar-refractivity contribution is -1.18. The first-order valence-corrected chi connectivity index (χ1v) is 9.60. The Morgan fingerprint density at radius 2 is 1.07 bits per heavy atom. The molecule has 0 aliphatic carbocycles. The molecule has 3 aliphatic heterocycles. The molecule has 162 valence electrons. The highest BCUT2D eigenvalue weighted by molar-refractivity contribution is 5.38. The first kappa shape index (κ1) is 21.1. The van der Waals surface area contributed by atoms with Gasteiger partial charge in [-0.3, -0.25) is 0 Å². The van der Waals surface area contributed by atoms with E-state index in [1.807, 2.05) is 0 Å². The van der Waals surface area contributed by atoms with Crippen molar-refractivity contribution in [2.24, 2.45) is 0 Å². The lowest BCUT2D eigenvalue weighted by Gasteiger charge is -2.57. The summed E-state index contributed by atoms with van der Waals surface area (Å²) in [5, 5.41) is 0. The molecule has 2 aromatic carbocycles. The Bertz CT molecular complexity index is 865. The number of quaternary nitrogens is 2. The molecule has 3 fully saturated rings. The third-order valence-corrected chi connectivity index (χ3v) is 6.60. The Balaban J connectivity index is 1.98. The van der Waals surface area contributed by atoms with E-state index in [1.54, 1.807) is 7.05 Å². The SMILES string of the molecule is C[N+]12CC[N+](F)(CC1)C(c1ccccc1C(F)(F)F)C2c1ccccc1C(F)(F)F. The average Bonchev–Trinajstić information content (AvgIpc) is 2.67. The minimum absolute atomic E-state index is 0.0436. The first-order valence-electron chi connectivity index (χ1n) is 9.60. The number of rotatable bonds is 2. The second-order valence-corrected chi connectivity index (χ2v) is 8.36. The van der Waals surface area contributed by atoms with Crippen LogP contribution in [0.2, 0.25) is 0 Å². The zero-order valence-electron chi connectivity index (χ0n) is 16.1. The van der Waals surface area contributed by atoms with Gasteiger partial charge >= 0.3 is 12.4 Å². The van der Waals surface area contributed by atoms with Gasteiger partial charge in [-0.1, -0.05) is 36.4 Å². The minimum Gasteiger partial charge on any atom is -0.305 e. The van der Waals surface area contributed by atoms with Crippen molar-refractivity contribution in [3.05, 3.63) is 70.8 Å². The van der Waals surface area contributed by atoms with Crippen LogP contribution in [-0.2, 0) is 12.4 Å². The lowest BCUT2D eigenvalue weighted by Crippen LogP contribution is -2.72. The molecule has 0 amide bonds. The molecule has 2 bridgehead atoms. The smallest absolute Gasteiger partial charge is 0.305 e. The highest BCUT2D eigenvalue weighted by Gasteiger charge is 2.65. The topological polar surface area (TPSA) is 0 Å². The van der Waals surface area contributed by atoms with Gasteiger partial charge in [-0.05, 0) is 16.6 Å². The molecular formula is C21H21F7N2+2. The van der Waals surface area contributed by atoms with Gasteiger partial charge in [0.2, 0.25) is 6.04 Å². The zero-order valence-corrected chi connectivity index (χ0v) is 16.1. The molecule has 0 saturated carbocycles. The van der Waals surface area contributed by atoms with Crippen LogP contribution < -0.4 is 0 Å². The van der Waals surface area contributed by atoms with Crippen LogP contribution in [0.5, 0.6) is 0 Å². The Kier molecular flexibility index (Phi) is 4.70. The zero-order chi connectivity index (χ0) is 21.9. The predicted octanol–water partition coefficient (Wildman–Crippen LogP) is 5.68. The van der Waals surface area contributed by atoms with Gasteiger partial charge in [0.1, 0.15) is 13.1 Å². The van der Waals surface area contributed by atoms with Crippen molar-refractivity contribution in [2.75, 3.05) is 33.2 Å². The molecule has 2 unspecified atom stereocenters. The van der Waals surface area contributed by atoms with Crippen molar-refractivity contribution in [1.29, 1.82) is 0 Å². The van der Waals surface area contributed by atoms with Crippen LogP contribution in [0.1, 0.15) is 34.3 Å². The summed E-state index contributed by atoms with van der Waals surface area (Å²) >= 11 is 0. The Morgan fingerprint density at radius 1 is 0.667 bits per heavy atom. The molecule has 2 nitrogen and oxygen atoms in total.